The maximum atomic E-state index is 11.5. The van der Waals surface area contributed by atoms with Gasteiger partial charge in [-0.05, 0) is 42.4 Å². The summed E-state index contributed by atoms with van der Waals surface area (Å²) in [5.74, 6) is 0.417. The number of benzene rings is 1. The highest BCUT2D eigenvalue weighted by molar-refractivity contribution is 9.10. The van der Waals surface area contributed by atoms with Crippen molar-refractivity contribution in [3.63, 3.8) is 0 Å². The van der Waals surface area contributed by atoms with E-state index in [9.17, 15) is 13.5 Å². The molecule has 2 unspecified atom stereocenters. The molecule has 6 heteroatoms. The van der Waals surface area contributed by atoms with E-state index < -0.39 is 9.84 Å². The van der Waals surface area contributed by atoms with Gasteiger partial charge < -0.3 is 5.11 Å². The van der Waals surface area contributed by atoms with E-state index in [0.717, 1.165) is 10.0 Å². The number of hydrogen-bond acceptors (Lipinski definition) is 3. The molecule has 1 aliphatic heterocycles. The lowest BCUT2D eigenvalue weighted by molar-refractivity contribution is 0.184. The summed E-state index contributed by atoms with van der Waals surface area (Å²) in [6.45, 7) is -0.00736. The predicted octanol–water partition coefficient (Wildman–Crippen LogP) is 2.69. The third kappa shape index (κ3) is 3.94. The van der Waals surface area contributed by atoms with Crippen molar-refractivity contribution in [2.75, 3.05) is 18.1 Å². The molecule has 1 fully saturated rings. The minimum absolute atomic E-state index is 0.00736. The molecule has 1 aromatic rings. The Morgan fingerprint density at radius 3 is 2.74 bits per heavy atom. The zero-order valence-electron chi connectivity index (χ0n) is 10.4. The molecule has 1 N–H and O–H groups in total. The van der Waals surface area contributed by atoms with Crippen LogP contribution < -0.4 is 0 Å². The van der Waals surface area contributed by atoms with Gasteiger partial charge in [-0.25, -0.2) is 8.42 Å². The van der Waals surface area contributed by atoms with Crippen LogP contribution in [-0.4, -0.2) is 31.6 Å². The van der Waals surface area contributed by atoms with Crippen LogP contribution in [0.3, 0.4) is 0 Å². The van der Waals surface area contributed by atoms with Crippen LogP contribution in [0.4, 0.5) is 0 Å². The summed E-state index contributed by atoms with van der Waals surface area (Å²) in [5, 5.41) is 10.2. The van der Waals surface area contributed by atoms with Gasteiger partial charge in [-0.3, -0.25) is 0 Å². The van der Waals surface area contributed by atoms with Crippen LogP contribution in [0.2, 0.25) is 5.02 Å². The highest BCUT2D eigenvalue weighted by Gasteiger charge is 2.33. The highest BCUT2D eigenvalue weighted by Crippen LogP contribution is 2.31. The van der Waals surface area contributed by atoms with E-state index in [1.54, 1.807) is 0 Å². The zero-order valence-corrected chi connectivity index (χ0v) is 13.5. The van der Waals surface area contributed by atoms with Gasteiger partial charge in [0.1, 0.15) is 0 Å². The van der Waals surface area contributed by atoms with E-state index in [0.29, 0.717) is 17.9 Å². The maximum absolute atomic E-state index is 11.5. The minimum atomic E-state index is -2.91. The fraction of sp³-hybridized carbons (Fsp3) is 0.538. The third-order valence-electron chi connectivity index (χ3n) is 3.67. The summed E-state index contributed by atoms with van der Waals surface area (Å²) in [4.78, 5) is 0. The van der Waals surface area contributed by atoms with Gasteiger partial charge in [0, 0.05) is 16.1 Å². The van der Waals surface area contributed by atoms with Crippen LogP contribution in [0.25, 0.3) is 0 Å². The van der Waals surface area contributed by atoms with Crippen LogP contribution in [0.15, 0.2) is 22.7 Å². The summed E-state index contributed by atoms with van der Waals surface area (Å²) in [6, 6.07) is 5.64. The van der Waals surface area contributed by atoms with Gasteiger partial charge in [-0.15, -0.1) is 0 Å². The summed E-state index contributed by atoms with van der Waals surface area (Å²) in [7, 11) is -2.91. The second-order valence-corrected chi connectivity index (χ2v) is 8.60. The normalized spacial score (nSPS) is 23.4. The molecule has 19 heavy (non-hydrogen) atoms. The molecule has 2 atom stereocenters. The van der Waals surface area contributed by atoms with Gasteiger partial charge in [0.15, 0.2) is 9.84 Å². The summed E-state index contributed by atoms with van der Waals surface area (Å²) < 4.78 is 23.9. The molecule has 1 aromatic carbocycles. The molecule has 0 amide bonds. The predicted molar refractivity (Wildman–Crippen MR) is 80.2 cm³/mol. The zero-order chi connectivity index (χ0) is 14.0. The van der Waals surface area contributed by atoms with Gasteiger partial charge in [0.25, 0.3) is 0 Å². The fourth-order valence-electron chi connectivity index (χ4n) is 2.55. The number of aliphatic hydroxyl groups excluding tert-OH is 1. The van der Waals surface area contributed by atoms with Crippen LogP contribution in [0.1, 0.15) is 12.0 Å². The fourth-order valence-corrected chi connectivity index (χ4v) is 5.22. The van der Waals surface area contributed by atoms with Gasteiger partial charge in [-0.1, -0.05) is 33.6 Å². The molecule has 106 valence electrons. The second-order valence-electron chi connectivity index (χ2n) is 5.05. The van der Waals surface area contributed by atoms with Crippen LogP contribution in [-0.2, 0) is 16.3 Å². The molecular weight excluding hydrogens is 352 g/mol. The lowest BCUT2D eigenvalue weighted by Crippen LogP contribution is -2.22. The molecule has 1 heterocycles. The number of halogens is 2. The van der Waals surface area contributed by atoms with Crippen molar-refractivity contribution < 1.29 is 13.5 Å². The largest absolute Gasteiger partial charge is 0.396 e. The summed E-state index contributed by atoms with van der Waals surface area (Å²) in [5.41, 5.74) is 0.952. The number of hydrogen-bond donors (Lipinski definition) is 1. The van der Waals surface area contributed by atoms with Crippen molar-refractivity contribution >= 4 is 37.4 Å². The quantitative estimate of drug-likeness (QED) is 0.890. The van der Waals surface area contributed by atoms with Crippen molar-refractivity contribution in [2.45, 2.75) is 12.8 Å². The second kappa shape index (κ2) is 6.12. The van der Waals surface area contributed by atoms with Crippen molar-refractivity contribution in [1.29, 1.82) is 0 Å². The van der Waals surface area contributed by atoms with Crippen molar-refractivity contribution in [3.8, 4) is 0 Å². The Bertz CT molecular complexity index is 559. The van der Waals surface area contributed by atoms with Gasteiger partial charge >= 0.3 is 0 Å². The average molecular weight is 368 g/mol. The SMILES string of the molecule is O=S1(=O)CCC(C(CO)Cc2ccc(Br)cc2Cl)C1. The Balaban J connectivity index is 2.11. The molecule has 2 rings (SSSR count). The lowest BCUT2D eigenvalue weighted by Gasteiger charge is -2.20. The van der Waals surface area contributed by atoms with Gasteiger partial charge in [0.2, 0.25) is 0 Å². The van der Waals surface area contributed by atoms with E-state index in [1.807, 2.05) is 18.2 Å². The molecule has 1 aliphatic rings. The molecule has 0 aromatic heterocycles. The number of rotatable bonds is 4. The standard InChI is InChI=1S/C13H16BrClO3S/c14-12-2-1-9(13(15)6-12)5-11(7-16)10-3-4-19(17,18)8-10/h1-2,6,10-11,16H,3-5,7-8H2. The molecule has 0 bridgehead atoms. The Labute approximate surface area is 127 Å². The van der Waals surface area contributed by atoms with E-state index in [4.69, 9.17) is 11.6 Å². The smallest absolute Gasteiger partial charge is 0.150 e. The minimum Gasteiger partial charge on any atom is -0.396 e. The van der Waals surface area contributed by atoms with Crippen LogP contribution >= 0.6 is 27.5 Å². The molecule has 3 nitrogen and oxygen atoms in total. The van der Waals surface area contributed by atoms with Gasteiger partial charge in [0.05, 0.1) is 11.5 Å². The van der Waals surface area contributed by atoms with Gasteiger partial charge in [-0.2, -0.15) is 0 Å². The summed E-state index contributed by atoms with van der Waals surface area (Å²) >= 11 is 9.51. The van der Waals surface area contributed by atoms with Crippen molar-refractivity contribution in [3.05, 3.63) is 33.3 Å². The topological polar surface area (TPSA) is 54.4 Å². The van der Waals surface area contributed by atoms with E-state index >= 15 is 0 Å². The maximum Gasteiger partial charge on any atom is 0.150 e. The first-order valence-electron chi connectivity index (χ1n) is 6.16. The Hall–Kier alpha value is -0.100. The Kier molecular flexibility index (Phi) is 4.93. The van der Waals surface area contributed by atoms with Crippen LogP contribution in [0, 0.1) is 11.8 Å². The third-order valence-corrected chi connectivity index (χ3v) is 6.30. The molecule has 0 spiro atoms. The molecule has 0 radical (unpaired) electrons. The highest BCUT2D eigenvalue weighted by atomic mass is 79.9. The van der Waals surface area contributed by atoms with Crippen LogP contribution in [0.5, 0.6) is 0 Å². The molecule has 0 aliphatic carbocycles. The van der Waals surface area contributed by atoms with E-state index in [-0.39, 0.29) is 29.9 Å². The lowest BCUT2D eigenvalue weighted by atomic mass is 9.87. The molecule has 1 saturated heterocycles. The van der Waals surface area contributed by atoms with E-state index in [1.165, 1.54) is 0 Å². The Morgan fingerprint density at radius 1 is 1.47 bits per heavy atom. The average Bonchev–Trinajstić information content (AvgIpc) is 2.69. The molecular formula is C13H16BrClO3S. The Morgan fingerprint density at radius 2 is 2.21 bits per heavy atom. The van der Waals surface area contributed by atoms with Crippen molar-refractivity contribution in [2.24, 2.45) is 11.8 Å². The van der Waals surface area contributed by atoms with E-state index in [2.05, 4.69) is 15.9 Å². The van der Waals surface area contributed by atoms with Crippen molar-refractivity contribution in [1.82, 2.24) is 0 Å². The first kappa shape index (κ1) is 15.3. The molecule has 0 saturated carbocycles. The monoisotopic (exact) mass is 366 g/mol. The number of sulfone groups is 1. The number of aliphatic hydroxyl groups is 1. The first-order chi connectivity index (χ1) is 8.91. The summed E-state index contributed by atoms with van der Waals surface area (Å²) in [6.07, 6.45) is 1.25. The first-order valence-corrected chi connectivity index (χ1v) is 9.16.